The molecule has 1 nitrogen and oxygen atoms in total. The van der Waals surface area contributed by atoms with Crippen LogP contribution < -0.4 is 0 Å². The van der Waals surface area contributed by atoms with E-state index in [4.69, 9.17) is 0 Å². The van der Waals surface area contributed by atoms with Crippen LogP contribution in [-0.4, -0.2) is 11.4 Å². The minimum absolute atomic E-state index is 0.452. The second-order valence-corrected chi connectivity index (χ2v) is 5.48. The van der Waals surface area contributed by atoms with Crippen LogP contribution in [0, 0.1) is 0 Å². The van der Waals surface area contributed by atoms with Crippen molar-refractivity contribution in [2.45, 2.75) is 24.8 Å². The van der Waals surface area contributed by atoms with Gasteiger partial charge in [0.25, 0.3) is 0 Å². The van der Waals surface area contributed by atoms with E-state index in [1.807, 2.05) is 6.20 Å². The summed E-state index contributed by atoms with van der Waals surface area (Å²) in [4.78, 5) is 2.38. The fraction of sp³-hybridized carbons (Fsp3) is 0.263. The Bertz CT molecular complexity index is 546. The molecule has 1 saturated heterocycles. The quantitative estimate of drug-likeness (QED) is 0.772. The first-order chi connectivity index (χ1) is 9.88. The molecule has 2 unspecified atom stereocenters. The second kappa shape index (κ2) is 5.96. The first-order valence-electron chi connectivity index (χ1n) is 7.36. The first kappa shape index (κ1) is 13.0. The lowest BCUT2D eigenvalue weighted by atomic mass is 9.83. The van der Waals surface area contributed by atoms with Gasteiger partial charge in [-0.25, -0.2) is 0 Å². The molecule has 1 aliphatic rings. The molecule has 1 heteroatoms. The van der Waals surface area contributed by atoms with E-state index < -0.39 is 0 Å². The van der Waals surface area contributed by atoms with Crippen molar-refractivity contribution in [3.63, 3.8) is 0 Å². The Morgan fingerprint density at radius 1 is 0.900 bits per heavy atom. The maximum Gasteiger partial charge on any atom is 0.0542 e. The number of benzene rings is 2. The van der Waals surface area contributed by atoms with Gasteiger partial charge in [-0.05, 0) is 36.1 Å². The summed E-state index contributed by atoms with van der Waals surface area (Å²) in [5.74, 6) is 0.651. The molecule has 0 N–H and O–H groups in total. The second-order valence-electron chi connectivity index (χ2n) is 5.48. The number of nitrogens with zero attached hydrogens (tertiary/aromatic N) is 1. The number of likely N-dealkylation sites (tertiary alicyclic amines) is 1. The lowest BCUT2D eigenvalue weighted by Gasteiger charge is -2.39. The summed E-state index contributed by atoms with van der Waals surface area (Å²) < 4.78 is 0. The highest BCUT2D eigenvalue weighted by molar-refractivity contribution is 5.25. The molecule has 1 fully saturated rings. The Morgan fingerprint density at radius 2 is 1.50 bits per heavy atom. The highest BCUT2D eigenvalue weighted by atomic mass is 15.1. The summed E-state index contributed by atoms with van der Waals surface area (Å²) in [5.41, 5.74) is 2.87. The van der Waals surface area contributed by atoms with Crippen LogP contribution in [0.4, 0.5) is 0 Å². The molecular formula is C19H21N. The van der Waals surface area contributed by atoms with Gasteiger partial charge in [0.15, 0.2) is 0 Å². The van der Waals surface area contributed by atoms with E-state index in [0.29, 0.717) is 12.0 Å². The molecule has 0 radical (unpaired) electrons. The van der Waals surface area contributed by atoms with E-state index in [-0.39, 0.29) is 0 Å². The molecule has 0 amide bonds. The topological polar surface area (TPSA) is 3.24 Å². The van der Waals surface area contributed by atoms with Crippen molar-refractivity contribution in [1.82, 2.24) is 4.90 Å². The van der Waals surface area contributed by atoms with Crippen LogP contribution in [0.25, 0.3) is 0 Å². The van der Waals surface area contributed by atoms with Gasteiger partial charge in [0.2, 0.25) is 0 Å². The summed E-state index contributed by atoms with van der Waals surface area (Å²) in [6, 6.07) is 22.2. The maximum atomic E-state index is 3.98. The van der Waals surface area contributed by atoms with E-state index in [0.717, 1.165) is 6.54 Å². The van der Waals surface area contributed by atoms with Crippen molar-refractivity contribution >= 4 is 0 Å². The van der Waals surface area contributed by atoms with E-state index in [1.54, 1.807) is 0 Å². The largest absolute Gasteiger partial charge is 0.371 e. The Kier molecular flexibility index (Phi) is 3.87. The lowest BCUT2D eigenvalue weighted by Crippen LogP contribution is -2.32. The van der Waals surface area contributed by atoms with Gasteiger partial charge < -0.3 is 4.90 Å². The standard InChI is InChI=1S/C19H21N/c1-2-20-14-13-18(16-9-5-3-6-10-16)15-19(20)17-11-7-4-8-12-17/h2-12,18-19H,1,13-15H2. The van der Waals surface area contributed by atoms with Crippen molar-refractivity contribution in [2.75, 3.05) is 6.54 Å². The zero-order valence-corrected chi connectivity index (χ0v) is 11.8. The molecule has 1 aliphatic heterocycles. The molecule has 2 aromatic rings. The van der Waals surface area contributed by atoms with Crippen LogP contribution in [0.1, 0.15) is 35.9 Å². The third kappa shape index (κ3) is 2.62. The molecule has 2 aromatic carbocycles. The van der Waals surface area contributed by atoms with Gasteiger partial charge >= 0.3 is 0 Å². The SMILES string of the molecule is C=CN1CCC(c2ccccc2)CC1c1ccccc1. The minimum atomic E-state index is 0.452. The number of rotatable bonds is 3. The molecule has 0 spiro atoms. The first-order valence-corrected chi connectivity index (χ1v) is 7.36. The van der Waals surface area contributed by atoms with Crippen LogP contribution in [0.3, 0.4) is 0 Å². The molecule has 0 bridgehead atoms. The van der Waals surface area contributed by atoms with E-state index in [2.05, 4.69) is 72.1 Å². The van der Waals surface area contributed by atoms with E-state index >= 15 is 0 Å². The third-order valence-electron chi connectivity index (χ3n) is 4.33. The molecule has 2 atom stereocenters. The fourth-order valence-electron chi connectivity index (χ4n) is 3.23. The highest BCUT2D eigenvalue weighted by Gasteiger charge is 2.28. The Morgan fingerprint density at radius 3 is 2.10 bits per heavy atom. The van der Waals surface area contributed by atoms with Gasteiger partial charge in [-0.1, -0.05) is 67.2 Å². The summed E-state index contributed by atoms with van der Waals surface area (Å²) in [6.07, 6.45) is 4.37. The smallest absolute Gasteiger partial charge is 0.0542 e. The van der Waals surface area contributed by atoms with Crippen molar-refractivity contribution in [3.05, 3.63) is 84.6 Å². The zero-order chi connectivity index (χ0) is 13.8. The average molecular weight is 263 g/mol. The van der Waals surface area contributed by atoms with Gasteiger partial charge in [-0.15, -0.1) is 0 Å². The molecule has 0 aromatic heterocycles. The lowest BCUT2D eigenvalue weighted by molar-refractivity contribution is 0.197. The Hall–Kier alpha value is -2.02. The van der Waals surface area contributed by atoms with Crippen LogP contribution >= 0.6 is 0 Å². The van der Waals surface area contributed by atoms with Crippen LogP contribution in [-0.2, 0) is 0 Å². The molecule has 102 valence electrons. The third-order valence-corrected chi connectivity index (χ3v) is 4.33. The fourth-order valence-corrected chi connectivity index (χ4v) is 3.23. The van der Waals surface area contributed by atoms with Crippen LogP contribution in [0.2, 0.25) is 0 Å². The summed E-state index contributed by atoms with van der Waals surface area (Å²) in [6.45, 7) is 5.07. The van der Waals surface area contributed by atoms with Gasteiger partial charge in [-0.3, -0.25) is 0 Å². The number of piperidine rings is 1. The molecule has 0 aliphatic carbocycles. The van der Waals surface area contributed by atoms with E-state index in [1.165, 1.54) is 24.0 Å². The predicted octanol–water partition coefficient (Wildman–Crippen LogP) is 4.75. The van der Waals surface area contributed by atoms with E-state index in [9.17, 15) is 0 Å². The van der Waals surface area contributed by atoms with Gasteiger partial charge in [0.05, 0.1) is 6.04 Å². The monoisotopic (exact) mass is 263 g/mol. The van der Waals surface area contributed by atoms with Crippen molar-refractivity contribution < 1.29 is 0 Å². The molecular weight excluding hydrogens is 242 g/mol. The minimum Gasteiger partial charge on any atom is -0.371 e. The summed E-state index contributed by atoms with van der Waals surface area (Å²) >= 11 is 0. The molecule has 1 heterocycles. The normalized spacial score (nSPS) is 22.5. The Balaban J connectivity index is 1.85. The maximum absolute atomic E-state index is 3.98. The highest BCUT2D eigenvalue weighted by Crippen LogP contribution is 2.39. The summed E-state index contributed by atoms with van der Waals surface area (Å²) in [5, 5.41) is 0. The van der Waals surface area contributed by atoms with Crippen LogP contribution in [0.5, 0.6) is 0 Å². The van der Waals surface area contributed by atoms with Gasteiger partial charge in [0.1, 0.15) is 0 Å². The van der Waals surface area contributed by atoms with Crippen molar-refractivity contribution in [3.8, 4) is 0 Å². The molecule has 3 rings (SSSR count). The predicted molar refractivity (Wildman–Crippen MR) is 84.5 cm³/mol. The van der Waals surface area contributed by atoms with Gasteiger partial charge in [0, 0.05) is 6.54 Å². The Labute approximate surface area is 121 Å². The average Bonchev–Trinajstić information content (AvgIpc) is 2.56. The van der Waals surface area contributed by atoms with Crippen LogP contribution in [0.15, 0.2) is 73.4 Å². The molecule has 20 heavy (non-hydrogen) atoms. The molecule has 0 saturated carbocycles. The number of hydrogen-bond donors (Lipinski definition) is 0. The van der Waals surface area contributed by atoms with Crippen molar-refractivity contribution in [1.29, 1.82) is 0 Å². The van der Waals surface area contributed by atoms with Crippen molar-refractivity contribution in [2.24, 2.45) is 0 Å². The van der Waals surface area contributed by atoms with Gasteiger partial charge in [-0.2, -0.15) is 0 Å². The zero-order valence-electron chi connectivity index (χ0n) is 11.8. The summed E-state index contributed by atoms with van der Waals surface area (Å²) in [7, 11) is 0. The number of hydrogen-bond acceptors (Lipinski definition) is 1.